The summed E-state index contributed by atoms with van der Waals surface area (Å²) in [5.74, 6) is 1.76. The second-order valence-corrected chi connectivity index (χ2v) is 9.43. The summed E-state index contributed by atoms with van der Waals surface area (Å²) in [7, 11) is 0. The van der Waals surface area contributed by atoms with Gasteiger partial charge in [0.15, 0.2) is 0 Å². The number of para-hydroxylation sites is 2. The van der Waals surface area contributed by atoms with Gasteiger partial charge in [-0.1, -0.05) is 23.7 Å². The lowest BCUT2D eigenvalue weighted by atomic mass is 9.70. The predicted molar refractivity (Wildman–Crippen MR) is 119 cm³/mol. The van der Waals surface area contributed by atoms with E-state index >= 15 is 0 Å². The number of amides is 1. The minimum Gasteiger partial charge on any atom is -0.488 e. The van der Waals surface area contributed by atoms with E-state index in [-0.39, 0.29) is 23.5 Å². The molecule has 2 aromatic carbocycles. The third-order valence-electron chi connectivity index (χ3n) is 6.81. The van der Waals surface area contributed by atoms with Gasteiger partial charge in [-0.3, -0.25) is 4.79 Å². The van der Waals surface area contributed by atoms with Gasteiger partial charge in [0.1, 0.15) is 17.1 Å². The quantitative estimate of drug-likeness (QED) is 0.596. The van der Waals surface area contributed by atoms with Crippen molar-refractivity contribution in [2.45, 2.75) is 75.4 Å². The Morgan fingerprint density at radius 2 is 1.93 bits per heavy atom. The number of hydrogen-bond acceptors (Lipinski definition) is 3. The van der Waals surface area contributed by atoms with Crippen molar-refractivity contribution in [3.05, 3.63) is 53.1 Å². The van der Waals surface area contributed by atoms with Crippen LogP contribution >= 0.6 is 11.6 Å². The Kier molecular flexibility index (Phi) is 5.36. The molecule has 5 rings (SSSR count). The van der Waals surface area contributed by atoms with Gasteiger partial charge in [0.25, 0.3) is 0 Å². The molecule has 0 radical (unpaired) electrons. The number of anilines is 1. The zero-order valence-electron chi connectivity index (χ0n) is 17.2. The molecule has 1 unspecified atom stereocenters. The smallest absolute Gasteiger partial charge is 0.225 e. The molecule has 0 bridgehead atoms. The number of halogens is 1. The van der Waals surface area contributed by atoms with Crippen molar-refractivity contribution in [2.75, 3.05) is 5.32 Å². The van der Waals surface area contributed by atoms with Crippen molar-refractivity contribution in [1.82, 2.24) is 0 Å². The maximum Gasteiger partial charge on any atom is 0.225 e. The normalized spacial score (nSPS) is 22.1. The molecule has 3 aliphatic rings. The fourth-order valence-corrected chi connectivity index (χ4v) is 5.29. The summed E-state index contributed by atoms with van der Waals surface area (Å²) in [6.45, 7) is 0. The highest BCUT2D eigenvalue weighted by atomic mass is 35.5. The van der Waals surface area contributed by atoms with E-state index in [1.807, 2.05) is 42.5 Å². The molecule has 2 fully saturated rings. The first kappa shape index (κ1) is 19.7. The van der Waals surface area contributed by atoms with Gasteiger partial charge in [-0.25, -0.2) is 0 Å². The lowest BCUT2D eigenvalue weighted by Crippen LogP contribution is -2.47. The Balaban J connectivity index is 1.32. The molecule has 4 nitrogen and oxygen atoms in total. The summed E-state index contributed by atoms with van der Waals surface area (Å²) >= 11 is 6.26. The molecule has 1 N–H and O–H groups in total. The van der Waals surface area contributed by atoms with Crippen LogP contribution in [0.25, 0.3) is 0 Å². The number of carbonyl (C=O) groups excluding carboxylic acids is 1. The summed E-state index contributed by atoms with van der Waals surface area (Å²) in [6.07, 6.45) is 9.45. The van der Waals surface area contributed by atoms with Gasteiger partial charge >= 0.3 is 0 Å². The van der Waals surface area contributed by atoms with E-state index in [4.69, 9.17) is 21.1 Å². The first-order valence-electron chi connectivity index (χ1n) is 11.1. The van der Waals surface area contributed by atoms with E-state index in [0.29, 0.717) is 11.4 Å². The number of nitrogens with one attached hydrogen (secondary N) is 1. The molecule has 0 aromatic heterocycles. The fourth-order valence-electron chi connectivity index (χ4n) is 5.11. The topological polar surface area (TPSA) is 47.6 Å². The maximum atomic E-state index is 13.0. The zero-order valence-corrected chi connectivity index (χ0v) is 17.9. The van der Waals surface area contributed by atoms with Gasteiger partial charge in [0.2, 0.25) is 5.91 Å². The Labute approximate surface area is 182 Å². The molecule has 1 spiro atoms. The molecule has 1 aliphatic heterocycles. The van der Waals surface area contributed by atoms with Crippen LogP contribution in [0.1, 0.15) is 69.3 Å². The highest BCUT2D eigenvalue weighted by Gasteiger charge is 2.45. The molecule has 5 heteroatoms. The van der Waals surface area contributed by atoms with Crippen LogP contribution in [-0.4, -0.2) is 17.6 Å². The minimum atomic E-state index is -0.102. The average molecular weight is 426 g/mol. The Hall–Kier alpha value is -2.20. The van der Waals surface area contributed by atoms with E-state index in [1.54, 1.807) is 0 Å². The molecule has 1 amide bonds. The molecule has 158 valence electrons. The highest BCUT2D eigenvalue weighted by Crippen LogP contribution is 2.51. The van der Waals surface area contributed by atoms with Crippen molar-refractivity contribution in [3.63, 3.8) is 0 Å². The fraction of sp³-hybridized carbons (Fsp3) is 0.480. The van der Waals surface area contributed by atoms with Gasteiger partial charge in [-0.15, -0.1) is 0 Å². The van der Waals surface area contributed by atoms with Gasteiger partial charge in [0.05, 0.1) is 11.8 Å². The summed E-state index contributed by atoms with van der Waals surface area (Å²) in [4.78, 5) is 13.0. The number of fused-ring (bicyclic) bond motifs is 1. The lowest BCUT2D eigenvalue weighted by molar-refractivity contribution is -0.117. The van der Waals surface area contributed by atoms with E-state index in [1.165, 1.54) is 19.3 Å². The van der Waals surface area contributed by atoms with Crippen LogP contribution in [-0.2, 0) is 4.79 Å². The van der Waals surface area contributed by atoms with Crippen molar-refractivity contribution < 1.29 is 14.3 Å². The van der Waals surface area contributed by atoms with E-state index < -0.39 is 0 Å². The van der Waals surface area contributed by atoms with Gasteiger partial charge in [-0.2, -0.15) is 0 Å². The molecular weight excluding hydrogens is 398 g/mol. The number of hydrogen-bond donors (Lipinski definition) is 1. The molecule has 2 aromatic rings. The van der Waals surface area contributed by atoms with Gasteiger partial charge < -0.3 is 14.8 Å². The van der Waals surface area contributed by atoms with E-state index in [9.17, 15) is 4.79 Å². The number of ether oxygens (including phenoxy) is 2. The molecular formula is C25H28ClNO3. The highest BCUT2D eigenvalue weighted by molar-refractivity contribution is 6.30. The van der Waals surface area contributed by atoms with E-state index in [0.717, 1.165) is 54.9 Å². The molecule has 2 saturated carbocycles. The third-order valence-corrected chi connectivity index (χ3v) is 7.05. The minimum absolute atomic E-state index is 0.00442. The maximum absolute atomic E-state index is 13.0. The third kappa shape index (κ3) is 4.02. The largest absolute Gasteiger partial charge is 0.488 e. The predicted octanol–water partition coefficient (Wildman–Crippen LogP) is 6.48. The van der Waals surface area contributed by atoms with Gasteiger partial charge in [-0.05, 0) is 87.3 Å². The van der Waals surface area contributed by atoms with Crippen molar-refractivity contribution in [3.8, 4) is 11.5 Å². The molecule has 0 saturated heterocycles. The van der Waals surface area contributed by atoms with Crippen LogP contribution in [0, 0.1) is 0 Å². The Morgan fingerprint density at radius 3 is 2.70 bits per heavy atom. The number of rotatable bonds is 5. The summed E-state index contributed by atoms with van der Waals surface area (Å²) in [5.41, 5.74) is 1.70. The van der Waals surface area contributed by atoms with Gasteiger partial charge in [0, 0.05) is 17.4 Å². The van der Waals surface area contributed by atoms with Crippen molar-refractivity contribution in [1.29, 1.82) is 0 Å². The molecule has 1 atom stereocenters. The Morgan fingerprint density at radius 1 is 1.13 bits per heavy atom. The summed E-state index contributed by atoms with van der Waals surface area (Å²) in [5, 5.41) is 3.79. The van der Waals surface area contributed by atoms with Crippen LogP contribution in [0.3, 0.4) is 0 Å². The van der Waals surface area contributed by atoms with E-state index in [2.05, 4.69) is 5.32 Å². The molecule has 30 heavy (non-hydrogen) atoms. The standard InChI is InChI=1S/C25H28ClNO3/c26-18-10-11-22-20(15-18)17(16-25(30-22)12-5-13-25)14-24(28)27-21-8-3-4-9-23(21)29-19-6-1-2-7-19/h3-4,8-11,15,17,19H,1-2,5-7,12-14,16H2,(H,27,28). The SMILES string of the molecule is O=C(CC1CC2(CCC2)Oc2ccc(Cl)cc21)Nc1ccccc1OC1CCCC1. The first-order chi connectivity index (χ1) is 14.6. The molecule has 1 heterocycles. The lowest BCUT2D eigenvalue weighted by Gasteiger charge is -2.48. The van der Waals surface area contributed by atoms with Crippen LogP contribution in [0.5, 0.6) is 11.5 Å². The molecule has 2 aliphatic carbocycles. The second-order valence-electron chi connectivity index (χ2n) is 8.99. The second kappa shape index (κ2) is 8.14. The van der Waals surface area contributed by atoms with Crippen LogP contribution in [0.15, 0.2) is 42.5 Å². The van der Waals surface area contributed by atoms with Crippen LogP contribution in [0.2, 0.25) is 5.02 Å². The monoisotopic (exact) mass is 425 g/mol. The van der Waals surface area contributed by atoms with Crippen molar-refractivity contribution in [2.24, 2.45) is 0 Å². The first-order valence-corrected chi connectivity index (χ1v) is 11.5. The summed E-state index contributed by atoms with van der Waals surface area (Å²) < 4.78 is 12.5. The number of benzene rings is 2. The average Bonchev–Trinajstić information content (AvgIpc) is 3.21. The summed E-state index contributed by atoms with van der Waals surface area (Å²) in [6, 6.07) is 13.5. The van der Waals surface area contributed by atoms with Crippen LogP contribution < -0.4 is 14.8 Å². The van der Waals surface area contributed by atoms with Crippen molar-refractivity contribution >= 4 is 23.2 Å². The van der Waals surface area contributed by atoms with Crippen LogP contribution in [0.4, 0.5) is 5.69 Å². The Bertz CT molecular complexity index is 934. The number of carbonyl (C=O) groups is 1. The zero-order chi connectivity index (χ0) is 20.6.